The van der Waals surface area contributed by atoms with Gasteiger partial charge in [0.05, 0.1) is 18.8 Å². The lowest BCUT2D eigenvalue weighted by Crippen LogP contribution is -2.57. The van der Waals surface area contributed by atoms with Gasteiger partial charge in [-0.2, -0.15) is 0 Å². The molecule has 4 aliphatic carbocycles. The number of fused-ring (bicyclic) bond motifs is 5. The van der Waals surface area contributed by atoms with Crippen LogP contribution in [0.1, 0.15) is 58.3 Å². The van der Waals surface area contributed by atoms with E-state index in [-0.39, 0.29) is 11.2 Å². The van der Waals surface area contributed by atoms with Crippen LogP contribution in [-0.4, -0.2) is 39.2 Å². The summed E-state index contributed by atoms with van der Waals surface area (Å²) in [6.07, 6.45) is 12.3. The molecular formula is C26H40O4Si. The van der Waals surface area contributed by atoms with E-state index >= 15 is 0 Å². The van der Waals surface area contributed by atoms with E-state index in [0.717, 1.165) is 63.9 Å². The molecule has 1 heterocycles. The largest absolute Gasteiger partial charge is 0.407 e. The second kappa shape index (κ2) is 7.38. The molecule has 6 atom stereocenters. The maximum atomic E-state index is 12.0. The minimum absolute atomic E-state index is 0.00531. The van der Waals surface area contributed by atoms with E-state index in [1.54, 1.807) is 5.57 Å². The zero-order chi connectivity index (χ0) is 22.1. The highest BCUT2D eigenvalue weighted by Crippen LogP contribution is 2.67. The molecule has 0 aromatic carbocycles. The standard InChI is InChI=1S/C26H40O4Si/c1-18(17-27)26(30-31(3,4)5)13-10-23-22-7-6-19-16-25(28-14-15-29-25)12-9-20(19)21(22)8-11-24(23,26)2/h6,17,20-23H,1,7-16H2,2-5H3/t20-,21+,22+,23-,24-,26+/m0/s1. The quantitative estimate of drug-likeness (QED) is 0.243. The Morgan fingerprint density at radius 2 is 1.87 bits per heavy atom. The second-order valence-electron chi connectivity index (χ2n) is 12.1. The van der Waals surface area contributed by atoms with Gasteiger partial charge in [0.1, 0.15) is 6.29 Å². The Bertz CT molecular complexity index is 792. The number of rotatable bonds is 4. The molecule has 4 nitrogen and oxygen atoms in total. The van der Waals surface area contributed by atoms with Crippen LogP contribution in [-0.2, 0) is 18.7 Å². The Morgan fingerprint density at radius 3 is 2.55 bits per heavy atom. The molecule has 4 fully saturated rings. The summed E-state index contributed by atoms with van der Waals surface area (Å²) in [5.74, 6) is 2.41. The Morgan fingerprint density at radius 1 is 1.13 bits per heavy atom. The summed E-state index contributed by atoms with van der Waals surface area (Å²) in [7, 11) is -1.85. The van der Waals surface area contributed by atoms with Crippen molar-refractivity contribution in [2.24, 2.45) is 29.1 Å². The van der Waals surface area contributed by atoms with Crippen LogP contribution in [0.25, 0.3) is 0 Å². The van der Waals surface area contributed by atoms with Gasteiger partial charge in [0.25, 0.3) is 0 Å². The van der Waals surface area contributed by atoms with Gasteiger partial charge in [-0.25, -0.2) is 0 Å². The van der Waals surface area contributed by atoms with Crippen LogP contribution in [0.5, 0.6) is 0 Å². The molecule has 5 aliphatic rings. The number of aldehydes is 1. The molecule has 0 radical (unpaired) electrons. The van der Waals surface area contributed by atoms with Gasteiger partial charge in [-0.3, -0.25) is 4.79 Å². The molecular weight excluding hydrogens is 404 g/mol. The van der Waals surface area contributed by atoms with Crippen molar-refractivity contribution in [1.29, 1.82) is 0 Å². The molecule has 172 valence electrons. The molecule has 0 aromatic rings. The Kier molecular flexibility index (Phi) is 5.25. The van der Waals surface area contributed by atoms with E-state index < -0.39 is 13.9 Å². The van der Waals surface area contributed by atoms with Crippen molar-refractivity contribution in [3.8, 4) is 0 Å². The summed E-state index contributed by atoms with van der Waals surface area (Å²) in [6.45, 7) is 14.9. The van der Waals surface area contributed by atoms with Gasteiger partial charge in [-0.1, -0.05) is 25.2 Å². The first-order chi connectivity index (χ1) is 14.6. The van der Waals surface area contributed by atoms with Crippen LogP contribution in [0.4, 0.5) is 0 Å². The van der Waals surface area contributed by atoms with E-state index in [9.17, 15) is 4.79 Å². The van der Waals surface area contributed by atoms with Gasteiger partial charge >= 0.3 is 0 Å². The first-order valence-electron chi connectivity index (χ1n) is 12.4. The zero-order valence-electron chi connectivity index (χ0n) is 19.9. The van der Waals surface area contributed by atoms with E-state index in [0.29, 0.717) is 23.3 Å². The van der Waals surface area contributed by atoms with Gasteiger partial charge < -0.3 is 13.9 Å². The lowest BCUT2D eigenvalue weighted by atomic mass is 9.50. The summed E-state index contributed by atoms with van der Waals surface area (Å²) >= 11 is 0. The minimum Gasteiger partial charge on any atom is -0.407 e. The summed E-state index contributed by atoms with van der Waals surface area (Å²) in [5.41, 5.74) is 1.81. The topological polar surface area (TPSA) is 44.8 Å². The van der Waals surface area contributed by atoms with Crippen molar-refractivity contribution < 1.29 is 18.7 Å². The van der Waals surface area contributed by atoms with Crippen molar-refractivity contribution in [2.75, 3.05) is 13.2 Å². The van der Waals surface area contributed by atoms with Gasteiger partial charge in [-0.05, 0) is 81.8 Å². The molecule has 1 saturated heterocycles. The van der Waals surface area contributed by atoms with Crippen LogP contribution in [0.15, 0.2) is 23.8 Å². The Labute approximate surface area is 188 Å². The van der Waals surface area contributed by atoms with Gasteiger partial charge in [0.2, 0.25) is 0 Å². The monoisotopic (exact) mass is 444 g/mol. The SMILES string of the molecule is C=C(C=O)[C@]1(O[Si](C)(C)C)CC[C@H]2[C@@H]3CC=C4CC5(CC[C@@H]4[C@H]3CC[C@@]21C)OCCO5. The first kappa shape index (κ1) is 22.1. The third kappa shape index (κ3) is 3.29. The fourth-order valence-corrected chi connectivity index (χ4v) is 9.88. The lowest BCUT2D eigenvalue weighted by Gasteiger charge is -2.58. The summed E-state index contributed by atoms with van der Waals surface area (Å²) in [5, 5.41) is 0. The van der Waals surface area contributed by atoms with Crippen LogP contribution in [0.2, 0.25) is 19.6 Å². The number of carbonyl (C=O) groups is 1. The number of allylic oxidation sites excluding steroid dienone is 1. The van der Waals surface area contributed by atoms with Crippen molar-refractivity contribution in [1.82, 2.24) is 0 Å². The van der Waals surface area contributed by atoms with Crippen LogP contribution in [0, 0.1) is 29.1 Å². The lowest BCUT2D eigenvalue weighted by molar-refractivity contribution is -0.177. The number of ether oxygens (including phenoxy) is 2. The van der Waals surface area contributed by atoms with Crippen molar-refractivity contribution in [2.45, 2.75) is 89.3 Å². The fraction of sp³-hybridized carbons (Fsp3) is 0.808. The molecule has 31 heavy (non-hydrogen) atoms. The Balaban J connectivity index is 1.44. The zero-order valence-corrected chi connectivity index (χ0v) is 20.9. The van der Waals surface area contributed by atoms with Crippen LogP contribution >= 0.6 is 0 Å². The van der Waals surface area contributed by atoms with E-state index in [2.05, 4.69) is 39.2 Å². The highest BCUT2D eigenvalue weighted by molar-refractivity contribution is 6.69. The van der Waals surface area contributed by atoms with Crippen molar-refractivity contribution in [3.05, 3.63) is 23.8 Å². The van der Waals surface area contributed by atoms with E-state index in [1.807, 2.05) is 0 Å². The maximum Gasteiger partial charge on any atom is 0.185 e. The molecule has 0 unspecified atom stereocenters. The molecule has 1 aliphatic heterocycles. The molecule has 5 rings (SSSR count). The van der Waals surface area contributed by atoms with E-state index in [1.165, 1.54) is 12.8 Å². The number of hydrogen-bond acceptors (Lipinski definition) is 4. The van der Waals surface area contributed by atoms with Gasteiger partial charge in [0, 0.05) is 23.8 Å². The Hall–Kier alpha value is -0.753. The summed E-state index contributed by atoms with van der Waals surface area (Å²) in [4.78, 5) is 12.0. The maximum absolute atomic E-state index is 12.0. The summed E-state index contributed by atoms with van der Waals surface area (Å²) < 4.78 is 19.0. The molecule has 1 spiro atoms. The molecule has 0 amide bonds. The smallest absolute Gasteiger partial charge is 0.185 e. The molecule has 3 saturated carbocycles. The highest BCUT2D eigenvalue weighted by Gasteiger charge is 2.65. The predicted octanol–water partition coefficient (Wildman–Crippen LogP) is 5.65. The van der Waals surface area contributed by atoms with Crippen LogP contribution in [0.3, 0.4) is 0 Å². The number of hydrogen-bond donors (Lipinski definition) is 0. The van der Waals surface area contributed by atoms with Crippen molar-refractivity contribution in [3.63, 3.8) is 0 Å². The van der Waals surface area contributed by atoms with Crippen molar-refractivity contribution >= 4 is 14.6 Å². The van der Waals surface area contributed by atoms with Crippen LogP contribution < -0.4 is 0 Å². The predicted molar refractivity (Wildman–Crippen MR) is 124 cm³/mol. The highest BCUT2D eigenvalue weighted by atomic mass is 28.4. The average Bonchev–Trinajstić information content (AvgIpc) is 3.28. The van der Waals surface area contributed by atoms with Gasteiger partial charge in [0.15, 0.2) is 14.1 Å². The summed E-state index contributed by atoms with van der Waals surface area (Å²) in [6, 6.07) is 0. The molecule has 5 heteroatoms. The molecule has 0 aromatic heterocycles. The molecule has 0 N–H and O–H groups in total. The molecule has 0 bridgehead atoms. The average molecular weight is 445 g/mol. The third-order valence-corrected chi connectivity index (χ3v) is 10.5. The normalized spacial score (nSPS) is 43.7. The van der Waals surface area contributed by atoms with E-state index in [4.69, 9.17) is 13.9 Å². The first-order valence-corrected chi connectivity index (χ1v) is 15.9. The second-order valence-corrected chi connectivity index (χ2v) is 16.5. The number of carbonyl (C=O) groups excluding carboxylic acids is 1. The van der Waals surface area contributed by atoms with Gasteiger partial charge in [-0.15, -0.1) is 0 Å². The third-order valence-electron chi connectivity index (χ3n) is 9.52. The minimum atomic E-state index is -1.85. The fourth-order valence-electron chi connectivity index (χ4n) is 8.37.